The Bertz CT molecular complexity index is 9840. The molecule has 0 amide bonds. The lowest BCUT2D eigenvalue weighted by Crippen LogP contribution is -1.83. The third-order valence-electron chi connectivity index (χ3n) is 27.6. The number of hydrogen-bond acceptors (Lipinski definition) is 7. The van der Waals surface area contributed by atoms with E-state index in [-0.39, 0.29) is 0 Å². The quantitative estimate of drug-likeness (QED) is 0.148. The van der Waals surface area contributed by atoms with Crippen molar-refractivity contribution in [3.05, 3.63) is 530 Å². The van der Waals surface area contributed by atoms with Gasteiger partial charge in [0.05, 0.1) is 0 Å². The molecule has 0 saturated heterocycles. The Labute approximate surface area is 875 Å². The van der Waals surface area contributed by atoms with Gasteiger partial charge in [0.15, 0.2) is 0 Å². The summed E-state index contributed by atoms with van der Waals surface area (Å²) in [6.07, 6.45) is 0. The van der Waals surface area contributed by atoms with Crippen LogP contribution in [0.3, 0.4) is 0 Å². The Hall–Kier alpha value is -16.0. The second kappa shape index (κ2) is 41.7. The first-order chi connectivity index (χ1) is 71.8. The number of furan rings is 1. The smallest absolute Gasteiger partial charge is 0.143 e. The Morgan fingerprint density at radius 1 is 0.130 bits per heavy atom. The first kappa shape index (κ1) is 93.6. The molecule has 0 aliphatic rings. The van der Waals surface area contributed by atoms with Crippen molar-refractivity contribution in [2.24, 2.45) is 0 Å². The molecule has 0 N–H and O–H groups in total. The molecule has 146 heavy (non-hydrogen) atoms. The standard InChI is InChI=1S/C25H18O.6C19H14S/c1-17-13-15-19(16-14-17)21-10-6-12-23-22-11-5-9-20(24(22)26-25(21)23)18-7-3-2-4-8-18;1-13-6-4-7-14(12-13)15-9-5-11-18-19(15)16-8-2-3-10-17(16)20-18;1-13-7-2-3-8-14(13)15-10-6-12-18-19(15)16-9-4-5-11-17(16)20-18;1-13-5-4-6-14(11-13)15-9-10-17-16-7-2-3-8-18(16)20-19(17)12-15;1-13-6-2-3-7-15(13)14-10-11-17-16-8-4-5-9-18(16)20-19(17)12-14;1-13-9-11-14(12-10-13)15-6-4-8-18-19(15)16-5-2-3-7-17(16)20-18;1-13-6-8-14(9-7-13)15-10-11-17-16-4-2-3-5-18(16)20-19(17)12-15/h2-16H,1H3;6*2-12H,1H3. The van der Waals surface area contributed by atoms with Crippen molar-refractivity contribution < 1.29 is 4.42 Å². The van der Waals surface area contributed by atoms with Gasteiger partial charge in [0, 0.05) is 143 Å². The summed E-state index contributed by atoms with van der Waals surface area (Å²) in [5, 5.41) is 18.8. The molecule has 700 valence electrons. The second-order valence-corrected chi connectivity index (χ2v) is 44.1. The minimum Gasteiger partial charge on any atom is -0.455 e. The molecule has 0 unspecified atom stereocenters. The topological polar surface area (TPSA) is 13.1 Å². The van der Waals surface area contributed by atoms with Crippen LogP contribution in [-0.4, -0.2) is 0 Å². The van der Waals surface area contributed by atoms with Crippen LogP contribution in [0.15, 0.2) is 496 Å². The van der Waals surface area contributed by atoms with Gasteiger partial charge in [-0.05, 0) is 210 Å². The minimum absolute atomic E-state index is 0.952. The molecular weight excluding hydrogens is 1880 g/mol. The van der Waals surface area contributed by atoms with Crippen LogP contribution >= 0.6 is 68.0 Å². The van der Waals surface area contributed by atoms with Gasteiger partial charge >= 0.3 is 0 Å². The highest BCUT2D eigenvalue weighted by Gasteiger charge is 2.20. The number of fused-ring (bicyclic) bond motifs is 21. The highest BCUT2D eigenvalue weighted by atomic mass is 32.1. The number of hydrogen-bond donors (Lipinski definition) is 0. The fourth-order valence-electron chi connectivity index (χ4n) is 20.2. The maximum atomic E-state index is 6.45. The summed E-state index contributed by atoms with van der Waals surface area (Å²) in [5.74, 6) is 0. The van der Waals surface area contributed by atoms with Crippen LogP contribution < -0.4 is 0 Å². The lowest BCUT2D eigenvalue weighted by molar-refractivity contribution is 0.671. The fourth-order valence-corrected chi connectivity index (χ4v) is 27.1. The molecule has 1 nitrogen and oxygen atoms in total. The van der Waals surface area contributed by atoms with Crippen molar-refractivity contribution >= 4 is 211 Å². The van der Waals surface area contributed by atoms with Crippen LogP contribution in [0.5, 0.6) is 0 Å². The van der Waals surface area contributed by atoms with Crippen molar-refractivity contribution in [1.29, 1.82) is 0 Å². The maximum Gasteiger partial charge on any atom is 0.143 e. The van der Waals surface area contributed by atoms with E-state index in [1.165, 1.54) is 238 Å². The Balaban J connectivity index is 0.0000000942. The normalized spacial score (nSPS) is 11.3. The largest absolute Gasteiger partial charge is 0.455 e. The highest BCUT2D eigenvalue weighted by molar-refractivity contribution is 7.28. The van der Waals surface area contributed by atoms with E-state index in [1.807, 2.05) is 74.1 Å². The fraction of sp³-hybridized carbons (Fsp3) is 0.0504. The van der Waals surface area contributed by atoms with E-state index in [2.05, 4.69) is 534 Å². The SMILES string of the molecule is Cc1ccc(-c2ccc3c(c2)sc2ccccc23)cc1.Cc1ccc(-c2cccc3c2oc2c(-c4ccccc4)cccc23)cc1.Cc1ccc(-c2cccc3sc4ccccc4c23)cc1.Cc1cccc(-c2ccc3c(c2)sc2ccccc23)c1.Cc1cccc(-c2cccc3sc4ccccc4c23)c1.Cc1ccccc1-c1ccc2c(c1)sc1ccccc12.Cc1ccccc1-c1cccc2sc3ccccc3c12. The molecule has 0 saturated carbocycles. The average Bonchev–Trinajstić information content (AvgIpc) is 1.56. The molecule has 7 heteroatoms. The van der Waals surface area contributed by atoms with Gasteiger partial charge in [0.2, 0.25) is 0 Å². The van der Waals surface area contributed by atoms with Crippen molar-refractivity contribution in [1.82, 2.24) is 0 Å². The van der Waals surface area contributed by atoms with Crippen molar-refractivity contribution in [3.63, 3.8) is 0 Å². The lowest BCUT2D eigenvalue weighted by atomic mass is 9.96. The van der Waals surface area contributed by atoms with Gasteiger partial charge in [-0.1, -0.05) is 446 Å². The monoisotopic (exact) mass is 1980 g/mol. The summed E-state index contributed by atoms with van der Waals surface area (Å²) in [4.78, 5) is 0. The van der Waals surface area contributed by atoms with Crippen LogP contribution in [0.4, 0.5) is 0 Å². The molecule has 0 spiro atoms. The summed E-state index contributed by atoms with van der Waals surface area (Å²) in [6, 6.07) is 176. The predicted octanol–water partition coefficient (Wildman–Crippen LogP) is 43.4. The van der Waals surface area contributed by atoms with E-state index in [4.69, 9.17) is 4.42 Å². The zero-order valence-electron chi connectivity index (χ0n) is 82.1. The van der Waals surface area contributed by atoms with Crippen molar-refractivity contribution in [2.45, 2.75) is 48.5 Å². The van der Waals surface area contributed by atoms with E-state index < -0.39 is 0 Å². The van der Waals surface area contributed by atoms with Gasteiger partial charge in [0.25, 0.3) is 0 Å². The van der Waals surface area contributed by atoms with Crippen LogP contribution in [0.1, 0.15) is 38.9 Å². The van der Waals surface area contributed by atoms with Crippen LogP contribution in [0, 0.1) is 48.5 Å². The van der Waals surface area contributed by atoms with Crippen molar-refractivity contribution in [2.75, 3.05) is 0 Å². The molecule has 0 bridgehead atoms. The van der Waals surface area contributed by atoms with Gasteiger partial charge in [0.1, 0.15) is 11.2 Å². The number of aryl methyl sites for hydroxylation is 7. The first-order valence-electron chi connectivity index (χ1n) is 49.7. The lowest BCUT2D eigenvalue weighted by Gasteiger charge is -2.07. The Kier molecular flexibility index (Phi) is 26.7. The third-order valence-corrected chi connectivity index (χ3v) is 34.4. The molecule has 0 aliphatic heterocycles. The second-order valence-electron chi connectivity index (χ2n) is 37.6. The number of thiophene rings is 6. The van der Waals surface area contributed by atoms with Crippen LogP contribution in [0.2, 0.25) is 0 Å². The van der Waals surface area contributed by atoms with E-state index in [0.717, 1.165) is 33.1 Å². The number of benzene rings is 22. The molecule has 22 aromatic carbocycles. The third kappa shape index (κ3) is 19.3. The Morgan fingerprint density at radius 3 is 0.815 bits per heavy atom. The molecular formula is C139H102OS6. The van der Waals surface area contributed by atoms with E-state index >= 15 is 0 Å². The highest BCUT2D eigenvalue weighted by Crippen LogP contribution is 2.48. The zero-order chi connectivity index (χ0) is 98.7. The van der Waals surface area contributed by atoms with Gasteiger partial charge in [-0.3, -0.25) is 0 Å². The van der Waals surface area contributed by atoms with Gasteiger partial charge in [-0.2, -0.15) is 0 Å². The molecule has 0 atom stereocenters. The van der Waals surface area contributed by atoms with Gasteiger partial charge in [-0.25, -0.2) is 0 Å². The summed E-state index contributed by atoms with van der Waals surface area (Å²) in [7, 11) is 0. The van der Waals surface area contributed by atoms with Crippen molar-refractivity contribution in [3.8, 4) is 89.0 Å². The summed E-state index contributed by atoms with van der Waals surface area (Å²) >= 11 is 11.2. The van der Waals surface area contributed by atoms with E-state index in [9.17, 15) is 0 Å². The first-order valence-corrected chi connectivity index (χ1v) is 54.6. The van der Waals surface area contributed by atoms with Crippen LogP contribution in [0.25, 0.3) is 232 Å². The van der Waals surface area contributed by atoms with E-state index in [0.29, 0.717) is 0 Å². The predicted molar refractivity (Wildman–Crippen MR) is 646 cm³/mol. The summed E-state index contributed by atoms with van der Waals surface area (Å²) in [5.41, 5.74) is 31.4. The average molecular weight is 1980 g/mol. The summed E-state index contributed by atoms with van der Waals surface area (Å²) < 4.78 is 22.8. The molecule has 29 aromatic rings. The van der Waals surface area contributed by atoms with Gasteiger partial charge in [-0.15, -0.1) is 68.0 Å². The van der Waals surface area contributed by atoms with E-state index in [1.54, 1.807) is 0 Å². The number of para-hydroxylation sites is 2. The molecule has 29 rings (SSSR count). The number of rotatable bonds is 8. The molecule has 0 fully saturated rings. The summed E-state index contributed by atoms with van der Waals surface area (Å²) in [6.45, 7) is 15.0. The van der Waals surface area contributed by atoms with Crippen LogP contribution in [-0.2, 0) is 0 Å². The maximum absolute atomic E-state index is 6.45. The zero-order valence-corrected chi connectivity index (χ0v) is 87.0. The Morgan fingerprint density at radius 2 is 0.377 bits per heavy atom. The minimum atomic E-state index is 0.952. The van der Waals surface area contributed by atoms with Gasteiger partial charge < -0.3 is 4.42 Å². The molecule has 7 heterocycles. The molecule has 0 radical (unpaired) electrons. The molecule has 7 aromatic heterocycles. The molecule has 0 aliphatic carbocycles.